The lowest BCUT2D eigenvalue weighted by Gasteiger charge is -2.18. The molecule has 0 saturated carbocycles. The molecule has 1 amide bonds. The molecule has 202 valence electrons. The molecule has 0 unspecified atom stereocenters. The predicted octanol–water partition coefficient (Wildman–Crippen LogP) is 7.71. The van der Waals surface area contributed by atoms with E-state index in [0.717, 1.165) is 47.3 Å². The number of hydrogen-bond donors (Lipinski definition) is 2. The molecule has 0 radical (unpaired) electrons. The van der Waals surface area contributed by atoms with Gasteiger partial charge in [0.15, 0.2) is 0 Å². The lowest BCUT2D eigenvalue weighted by Crippen LogP contribution is -2.13. The van der Waals surface area contributed by atoms with Crippen molar-refractivity contribution in [2.24, 2.45) is 0 Å². The van der Waals surface area contributed by atoms with E-state index in [0.29, 0.717) is 34.5 Å². The summed E-state index contributed by atoms with van der Waals surface area (Å²) in [6, 6.07) is 17.5. The van der Waals surface area contributed by atoms with E-state index in [1.807, 2.05) is 43.3 Å². The Morgan fingerprint density at radius 1 is 1.05 bits per heavy atom. The fourth-order valence-electron chi connectivity index (χ4n) is 4.43. The third-order valence-corrected chi connectivity index (χ3v) is 6.71. The number of aromatic amines is 1. The van der Waals surface area contributed by atoms with Crippen molar-refractivity contribution in [2.45, 2.75) is 32.6 Å². The van der Waals surface area contributed by atoms with E-state index in [9.17, 15) is 13.6 Å². The van der Waals surface area contributed by atoms with Crippen LogP contribution in [-0.2, 0) is 4.79 Å². The van der Waals surface area contributed by atoms with Gasteiger partial charge >= 0.3 is 0 Å². The zero-order chi connectivity index (χ0) is 27.8. The van der Waals surface area contributed by atoms with Crippen molar-refractivity contribution in [1.29, 1.82) is 0 Å². The number of benzene rings is 3. The molecule has 0 bridgehead atoms. The van der Waals surface area contributed by atoms with Gasteiger partial charge < -0.3 is 10.1 Å². The third-order valence-electron chi connectivity index (χ3n) is 6.40. The molecule has 5 nitrogen and oxygen atoms in total. The number of ether oxygens (including phenoxy) is 1. The second kappa shape index (κ2) is 13.2. The number of carbonyl (C=O) groups excluding carboxylic acids is 1. The molecule has 0 aliphatic carbocycles. The Morgan fingerprint density at radius 2 is 1.82 bits per heavy atom. The third kappa shape index (κ3) is 6.92. The average molecular weight is 550 g/mol. The van der Waals surface area contributed by atoms with Crippen LogP contribution in [0.25, 0.3) is 22.0 Å². The van der Waals surface area contributed by atoms with Crippen molar-refractivity contribution in [2.75, 3.05) is 13.7 Å². The average Bonchev–Trinajstić information content (AvgIpc) is 3.31. The SMILES string of the molecule is CC/C(=C(/c1ccc(OCCCC/C=C/C(=O)NC)cc1)c1ccc2n[nH]c(F)c2c1)c1ccc(F)cc1Cl. The highest BCUT2D eigenvalue weighted by Gasteiger charge is 2.17. The van der Waals surface area contributed by atoms with Gasteiger partial charge in [0.25, 0.3) is 0 Å². The van der Waals surface area contributed by atoms with Crippen LogP contribution < -0.4 is 10.1 Å². The monoisotopic (exact) mass is 549 g/mol. The summed E-state index contributed by atoms with van der Waals surface area (Å²) >= 11 is 6.48. The van der Waals surface area contributed by atoms with Crippen LogP contribution in [0.3, 0.4) is 0 Å². The number of rotatable bonds is 11. The standard InChI is InChI=1S/C31H30ClF2N3O2/c1-3-24(25-15-12-22(33)19-27(25)32)30(21-11-16-28-26(18-21)31(34)37-36-28)20-9-13-23(14-10-20)39-17-7-5-4-6-8-29(38)35-2/h6,8-16,18-19H,3-5,7,17H2,1-2H3,(H,35,38)(H,36,37)/b8-6+,30-24+. The van der Waals surface area contributed by atoms with Crippen molar-refractivity contribution in [3.63, 3.8) is 0 Å². The number of carbonyl (C=O) groups is 1. The first kappa shape index (κ1) is 28.0. The minimum absolute atomic E-state index is 0.109. The molecular formula is C31H30ClF2N3O2. The zero-order valence-corrected chi connectivity index (χ0v) is 22.6. The van der Waals surface area contributed by atoms with Gasteiger partial charge in [-0.1, -0.05) is 48.9 Å². The van der Waals surface area contributed by atoms with Crippen LogP contribution >= 0.6 is 11.6 Å². The van der Waals surface area contributed by atoms with E-state index < -0.39 is 11.8 Å². The molecule has 8 heteroatoms. The van der Waals surface area contributed by atoms with Crippen LogP contribution in [0.2, 0.25) is 5.02 Å². The Labute approximate surface area is 231 Å². The molecule has 1 heterocycles. The summed E-state index contributed by atoms with van der Waals surface area (Å²) in [5.41, 5.74) is 4.70. The molecule has 2 N–H and O–H groups in total. The van der Waals surface area contributed by atoms with Crippen molar-refractivity contribution in [3.05, 3.63) is 106 Å². The summed E-state index contributed by atoms with van der Waals surface area (Å²) < 4.78 is 34.1. The highest BCUT2D eigenvalue weighted by molar-refractivity contribution is 6.32. The quantitative estimate of drug-likeness (QED) is 0.114. The maximum Gasteiger partial charge on any atom is 0.243 e. The van der Waals surface area contributed by atoms with Crippen LogP contribution in [0, 0.1) is 11.8 Å². The highest BCUT2D eigenvalue weighted by atomic mass is 35.5. The highest BCUT2D eigenvalue weighted by Crippen LogP contribution is 2.38. The first-order valence-electron chi connectivity index (χ1n) is 12.8. The van der Waals surface area contributed by atoms with Gasteiger partial charge in [0.1, 0.15) is 11.6 Å². The molecule has 4 rings (SSSR count). The minimum Gasteiger partial charge on any atom is -0.494 e. The number of fused-ring (bicyclic) bond motifs is 1. The molecule has 39 heavy (non-hydrogen) atoms. The van der Waals surface area contributed by atoms with E-state index in [2.05, 4.69) is 15.5 Å². The van der Waals surface area contributed by atoms with E-state index in [4.69, 9.17) is 16.3 Å². The van der Waals surface area contributed by atoms with E-state index >= 15 is 0 Å². The molecule has 0 fully saturated rings. The second-order valence-electron chi connectivity index (χ2n) is 8.99. The predicted molar refractivity (Wildman–Crippen MR) is 153 cm³/mol. The van der Waals surface area contributed by atoms with Crippen molar-refractivity contribution >= 4 is 39.6 Å². The molecule has 0 aliphatic heterocycles. The Morgan fingerprint density at radius 3 is 2.54 bits per heavy atom. The van der Waals surface area contributed by atoms with Gasteiger partial charge in [-0.15, -0.1) is 0 Å². The molecule has 4 aromatic rings. The fourth-order valence-corrected chi connectivity index (χ4v) is 4.71. The van der Waals surface area contributed by atoms with E-state index in [1.165, 1.54) is 18.2 Å². The van der Waals surface area contributed by atoms with E-state index in [-0.39, 0.29) is 5.91 Å². The number of hydrogen-bond acceptors (Lipinski definition) is 3. The molecule has 0 spiro atoms. The Balaban J connectivity index is 1.61. The Kier molecular flexibility index (Phi) is 9.49. The summed E-state index contributed by atoms with van der Waals surface area (Å²) in [6.45, 7) is 2.56. The van der Waals surface area contributed by atoms with Crippen molar-refractivity contribution in [1.82, 2.24) is 15.5 Å². The number of nitrogens with one attached hydrogen (secondary N) is 2. The van der Waals surface area contributed by atoms with E-state index in [1.54, 1.807) is 25.2 Å². The number of amides is 1. The smallest absolute Gasteiger partial charge is 0.243 e. The van der Waals surface area contributed by atoms with Crippen LogP contribution in [0.4, 0.5) is 8.78 Å². The fraction of sp³-hybridized carbons (Fsp3) is 0.226. The number of aromatic nitrogens is 2. The lowest BCUT2D eigenvalue weighted by molar-refractivity contribution is -0.116. The zero-order valence-electron chi connectivity index (χ0n) is 21.9. The molecule has 3 aromatic carbocycles. The summed E-state index contributed by atoms with van der Waals surface area (Å²) in [6.07, 6.45) is 6.56. The number of nitrogens with zero attached hydrogens (tertiary/aromatic N) is 1. The van der Waals surface area contributed by atoms with Crippen LogP contribution in [0.1, 0.15) is 49.3 Å². The molecular weight excluding hydrogens is 520 g/mol. The van der Waals surface area contributed by atoms with Gasteiger partial charge in [-0.2, -0.15) is 9.49 Å². The van der Waals surface area contributed by atoms with Gasteiger partial charge in [-0.25, -0.2) is 4.39 Å². The molecule has 0 saturated heterocycles. The number of likely N-dealkylation sites (N-methyl/N-ethyl adjacent to an activating group) is 1. The first-order chi connectivity index (χ1) is 18.9. The Hall–Kier alpha value is -3.97. The first-order valence-corrected chi connectivity index (χ1v) is 13.2. The second-order valence-corrected chi connectivity index (χ2v) is 9.39. The summed E-state index contributed by atoms with van der Waals surface area (Å²) in [4.78, 5) is 11.2. The topological polar surface area (TPSA) is 67.0 Å². The van der Waals surface area contributed by atoms with Crippen LogP contribution in [-0.4, -0.2) is 29.8 Å². The summed E-state index contributed by atoms with van der Waals surface area (Å²) in [5, 5.41) is 9.63. The number of allylic oxidation sites excluding steroid dienone is 2. The maximum absolute atomic E-state index is 14.4. The van der Waals surface area contributed by atoms with Crippen LogP contribution in [0.15, 0.2) is 72.8 Å². The number of H-pyrrole nitrogens is 1. The maximum atomic E-state index is 14.4. The Bertz CT molecular complexity index is 1510. The summed E-state index contributed by atoms with van der Waals surface area (Å²) in [7, 11) is 1.60. The number of halogens is 3. The molecule has 0 atom stereocenters. The largest absolute Gasteiger partial charge is 0.494 e. The van der Waals surface area contributed by atoms with Gasteiger partial charge in [-0.3, -0.25) is 9.89 Å². The molecule has 1 aromatic heterocycles. The van der Waals surface area contributed by atoms with Gasteiger partial charge in [-0.05, 0) is 96.0 Å². The number of unbranched alkanes of at least 4 members (excludes halogenated alkanes) is 2. The van der Waals surface area contributed by atoms with Crippen molar-refractivity contribution < 1.29 is 18.3 Å². The summed E-state index contributed by atoms with van der Waals surface area (Å²) in [5.74, 6) is -0.292. The minimum atomic E-state index is -0.503. The normalized spacial score (nSPS) is 12.1. The van der Waals surface area contributed by atoms with Gasteiger partial charge in [0.05, 0.1) is 22.5 Å². The van der Waals surface area contributed by atoms with Crippen molar-refractivity contribution in [3.8, 4) is 5.75 Å². The van der Waals surface area contributed by atoms with Gasteiger partial charge in [0, 0.05) is 7.05 Å². The van der Waals surface area contributed by atoms with Gasteiger partial charge in [0.2, 0.25) is 11.9 Å². The lowest BCUT2D eigenvalue weighted by atomic mass is 9.87. The molecule has 0 aliphatic rings. The van der Waals surface area contributed by atoms with Crippen LogP contribution in [0.5, 0.6) is 5.75 Å².